The van der Waals surface area contributed by atoms with Crippen LogP contribution in [-0.4, -0.2) is 22.6 Å². The van der Waals surface area contributed by atoms with Gasteiger partial charge in [0.05, 0.1) is 23.8 Å². The van der Waals surface area contributed by atoms with E-state index in [-0.39, 0.29) is 5.91 Å². The Labute approximate surface area is 127 Å². The molecule has 0 fully saturated rings. The SMILES string of the molecule is C=CC(=O)Nc1nc2ccccc2n1-c1cccc(OC)c1. The van der Waals surface area contributed by atoms with Gasteiger partial charge in [-0.3, -0.25) is 14.7 Å². The molecule has 1 amide bonds. The number of benzene rings is 2. The number of para-hydroxylation sites is 2. The van der Waals surface area contributed by atoms with Crippen LogP contribution in [0.3, 0.4) is 0 Å². The maximum atomic E-state index is 11.7. The summed E-state index contributed by atoms with van der Waals surface area (Å²) in [6.07, 6.45) is 1.22. The molecule has 5 heteroatoms. The highest BCUT2D eigenvalue weighted by Gasteiger charge is 2.13. The summed E-state index contributed by atoms with van der Waals surface area (Å²) in [4.78, 5) is 16.1. The minimum Gasteiger partial charge on any atom is -0.497 e. The third kappa shape index (κ3) is 2.44. The Bertz CT molecular complexity index is 852. The van der Waals surface area contributed by atoms with Crippen LogP contribution < -0.4 is 10.1 Å². The Morgan fingerprint density at radius 2 is 2.09 bits per heavy atom. The van der Waals surface area contributed by atoms with Crippen LogP contribution in [0.2, 0.25) is 0 Å². The number of rotatable bonds is 4. The zero-order valence-corrected chi connectivity index (χ0v) is 12.1. The molecule has 0 saturated heterocycles. The largest absolute Gasteiger partial charge is 0.497 e. The van der Waals surface area contributed by atoms with Crippen LogP contribution >= 0.6 is 0 Å². The Morgan fingerprint density at radius 3 is 2.86 bits per heavy atom. The molecule has 0 radical (unpaired) electrons. The zero-order chi connectivity index (χ0) is 15.5. The summed E-state index contributed by atoms with van der Waals surface area (Å²) in [5.41, 5.74) is 2.55. The van der Waals surface area contributed by atoms with Gasteiger partial charge in [-0.25, -0.2) is 4.98 Å². The number of ether oxygens (including phenoxy) is 1. The van der Waals surface area contributed by atoms with Crippen molar-refractivity contribution < 1.29 is 9.53 Å². The molecule has 0 aliphatic heterocycles. The number of nitrogens with zero attached hydrogens (tertiary/aromatic N) is 2. The Balaban J connectivity index is 2.22. The van der Waals surface area contributed by atoms with Gasteiger partial charge in [0.1, 0.15) is 5.75 Å². The molecule has 0 saturated carbocycles. The molecule has 0 aliphatic carbocycles. The number of carbonyl (C=O) groups is 1. The van der Waals surface area contributed by atoms with Crippen LogP contribution in [-0.2, 0) is 4.79 Å². The van der Waals surface area contributed by atoms with Crippen LogP contribution in [0.15, 0.2) is 61.2 Å². The second-order valence-electron chi connectivity index (χ2n) is 4.65. The summed E-state index contributed by atoms with van der Waals surface area (Å²) < 4.78 is 7.14. The molecular weight excluding hydrogens is 278 g/mol. The zero-order valence-electron chi connectivity index (χ0n) is 12.1. The van der Waals surface area contributed by atoms with Crippen molar-refractivity contribution in [3.63, 3.8) is 0 Å². The van der Waals surface area contributed by atoms with E-state index >= 15 is 0 Å². The van der Waals surface area contributed by atoms with Gasteiger partial charge in [0.2, 0.25) is 11.9 Å². The van der Waals surface area contributed by atoms with Gasteiger partial charge in [-0.1, -0.05) is 24.8 Å². The summed E-state index contributed by atoms with van der Waals surface area (Å²) in [5.74, 6) is 0.870. The smallest absolute Gasteiger partial charge is 0.250 e. The van der Waals surface area contributed by atoms with Gasteiger partial charge < -0.3 is 4.74 Å². The standard InChI is InChI=1S/C17H15N3O2/c1-3-16(21)19-17-18-14-9-4-5-10-15(14)20(17)12-7-6-8-13(11-12)22-2/h3-11H,1H2,2H3,(H,18,19,21). The topological polar surface area (TPSA) is 56.2 Å². The van der Waals surface area contributed by atoms with E-state index in [2.05, 4.69) is 16.9 Å². The van der Waals surface area contributed by atoms with Crippen molar-refractivity contribution in [2.24, 2.45) is 0 Å². The van der Waals surface area contributed by atoms with E-state index in [1.165, 1.54) is 6.08 Å². The van der Waals surface area contributed by atoms with Gasteiger partial charge in [0.15, 0.2) is 0 Å². The van der Waals surface area contributed by atoms with Crippen molar-refractivity contribution in [2.45, 2.75) is 0 Å². The molecule has 2 aromatic carbocycles. The van der Waals surface area contributed by atoms with Crippen LogP contribution in [0.1, 0.15) is 0 Å². The molecule has 3 rings (SSSR count). The summed E-state index contributed by atoms with van der Waals surface area (Å²) in [6.45, 7) is 3.47. The van der Waals surface area contributed by atoms with Crippen LogP contribution in [0.5, 0.6) is 5.75 Å². The fourth-order valence-electron chi connectivity index (χ4n) is 2.28. The number of carbonyl (C=O) groups excluding carboxylic acids is 1. The number of hydrogen-bond donors (Lipinski definition) is 1. The van der Waals surface area contributed by atoms with E-state index in [0.29, 0.717) is 5.95 Å². The van der Waals surface area contributed by atoms with E-state index in [1.54, 1.807) is 7.11 Å². The molecule has 3 aromatic rings. The summed E-state index contributed by atoms with van der Waals surface area (Å²) in [6, 6.07) is 15.3. The van der Waals surface area contributed by atoms with E-state index < -0.39 is 0 Å². The molecule has 0 spiro atoms. The third-order valence-corrected chi connectivity index (χ3v) is 3.29. The minimum atomic E-state index is -0.306. The predicted octanol–water partition coefficient (Wildman–Crippen LogP) is 3.16. The molecule has 0 unspecified atom stereocenters. The average Bonchev–Trinajstić information content (AvgIpc) is 2.92. The number of aromatic nitrogens is 2. The van der Waals surface area contributed by atoms with Crippen molar-refractivity contribution in [1.29, 1.82) is 0 Å². The number of anilines is 1. The number of hydrogen-bond acceptors (Lipinski definition) is 3. The lowest BCUT2D eigenvalue weighted by Gasteiger charge is -2.10. The van der Waals surface area contributed by atoms with Crippen molar-refractivity contribution in [1.82, 2.24) is 9.55 Å². The molecule has 0 aliphatic rings. The van der Waals surface area contributed by atoms with Gasteiger partial charge in [-0.2, -0.15) is 0 Å². The number of imidazole rings is 1. The van der Waals surface area contributed by atoms with Crippen molar-refractivity contribution >= 4 is 22.9 Å². The first-order valence-electron chi connectivity index (χ1n) is 6.78. The molecule has 1 aromatic heterocycles. The normalized spacial score (nSPS) is 10.4. The van der Waals surface area contributed by atoms with Crippen molar-refractivity contribution in [3.05, 3.63) is 61.2 Å². The number of fused-ring (bicyclic) bond motifs is 1. The molecule has 22 heavy (non-hydrogen) atoms. The maximum absolute atomic E-state index is 11.7. The molecule has 1 heterocycles. The molecular formula is C17H15N3O2. The second kappa shape index (κ2) is 5.73. The number of amides is 1. The van der Waals surface area contributed by atoms with Gasteiger partial charge >= 0.3 is 0 Å². The Kier molecular flexibility index (Phi) is 3.62. The summed E-state index contributed by atoms with van der Waals surface area (Å²) in [5, 5.41) is 2.74. The van der Waals surface area contributed by atoms with Gasteiger partial charge in [0, 0.05) is 6.07 Å². The van der Waals surface area contributed by atoms with E-state index in [0.717, 1.165) is 22.5 Å². The Hall–Kier alpha value is -3.08. The van der Waals surface area contributed by atoms with Gasteiger partial charge in [-0.15, -0.1) is 0 Å². The monoisotopic (exact) mass is 293 g/mol. The molecule has 1 N–H and O–H groups in total. The van der Waals surface area contributed by atoms with Gasteiger partial charge in [-0.05, 0) is 30.3 Å². The highest BCUT2D eigenvalue weighted by atomic mass is 16.5. The number of nitrogens with one attached hydrogen (secondary N) is 1. The van der Waals surface area contributed by atoms with Crippen LogP contribution in [0.25, 0.3) is 16.7 Å². The first-order chi connectivity index (χ1) is 10.7. The Morgan fingerprint density at radius 1 is 1.27 bits per heavy atom. The fraction of sp³-hybridized carbons (Fsp3) is 0.0588. The molecule has 0 bridgehead atoms. The van der Waals surface area contributed by atoms with E-state index in [9.17, 15) is 4.79 Å². The average molecular weight is 293 g/mol. The molecule has 0 atom stereocenters. The minimum absolute atomic E-state index is 0.306. The molecule has 5 nitrogen and oxygen atoms in total. The fourth-order valence-corrected chi connectivity index (χ4v) is 2.28. The number of methoxy groups -OCH3 is 1. The highest BCUT2D eigenvalue weighted by molar-refractivity contribution is 5.99. The first kappa shape index (κ1) is 13.9. The van der Waals surface area contributed by atoms with Crippen LogP contribution in [0.4, 0.5) is 5.95 Å². The third-order valence-electron chi connectivity index (χ3n) is 3.29. The highest BCUT2D eigenvalue weighted by Crippen LogP contribution is 2.26. The predicted molar refractivity (Wildman–Crippen MR) is 86.4 cm³/mol. The van der Waals surface area contributed by atoms with Crippen LogP contribution in [0, 0.1) is 0 Å². The lowest BCUT2D eigenvalue weighted by atomic mass is 10.2. The molecule has 110 valence electrons. The quantitative estimate of drug-likeness (QED) is 0.752. The van der Waals surface area contributed by atoms with Crippen molar-refractivity contribution in [2.75, 3.05) is 12.4 Å². The summed E-state index contributed by atoms with van der Waals surface area (Å²) in [7, 11) is 1.62. The van der Waals surface area contributed by atoms with E-state index in [1.807, 2.05) is 53.1 Å². The second-order valence-corrected chi connectivity index (χ2v) is 4.65. The maximum Gasteiger partial charge on any atom is 0.250 e. The first-order valence-corrected chi connectivity index (χ1v) is 6.78. The lowest BCUT2D eigenvalue weighted by molar-refractivity contribution is -0.111. The summed E-state index contributed by atoms with van der Waals surface area (Å²) >= 11 is 0. The van der Waals surface area contributed by atoms with E-state index in [4.69, 9.17) is 4.74 Å². The lowest BCUT2D eigenvalue weighted by Crippen LogP contribution is -2.12. The van der Waals surface area contributed by atoms with Crippen molar-refractivity contribution in [3.8, 4) is 11.4 Å². The van der Waals surface area contributed by atoms with Gasteiger partial charge in [0.25, 0.3) is 0 Å².